The van der Waals surface area contributed by atoms with E-state index in [1.165, 1.54) is 19.3 Å². The van der Waals surface area contributed by atoms with E-state index in [4.69, 9.17) is 9.47 Å². The smallest absolute Gasteiger partial charge is 0.213 e. The molecule has 1 aliphatic carbocycles. The van der Waals surface area contributed by atoms with Crippen LogP contribution in [0.3, 0.4) is 0 Å². The fourth-order valence-corrected chi connectivity index (χ4v) is 4.22. The molecule has 0 bridgehead atoms. The van der Waals surface area contributed by atoms with Crippen LogP contribution in [0.1, 0.15) is 55.7 Å². The van der Waals surface area contributed by atoms with Crippen molar-refractivity contribution >= 4 is 29.9 Å². The number of aryl methyl sites for hydroxylation is 1. The molecule has 0 aromatic carbocycles. The number of pyridine rings is 1. The summed E-state index contributed by atoms with van der Waals surface area (Å²) in [5.74, 6) is 3.25. The second-order valence-corrected chi connectivity index (χ2v) is 8.25. The Balaban J connectivity index is 0.00000289. The minimum absolute atomic E-state index is 0. The quantitative estimate of drug-likeness (QED) is 0.308. The maximum atomic E-state index is 6.09. The summed E-state index contributed by atoms with van der Waals surface area (Å²) >= 11 is 0. The lowest BCUT2D eigenvalue weighted by Gasteiger charge is -2.25. The van der Waals surface area contributed by atoms with Gasteiger partial charge in [0, 0.05) is 45.4 Å². The predicted octanol–water partition coefficient (Wildman–Crippen LogP) is 2.83. The number of nitrogens with one attached hydrogen (secondary N) is 2. The molecule has 0 radical (unpaired) electrons. The first-order valence-corrected chi connectivity index (χ1v) is 11.2. The zero-order valence-electron chi connectivity index (χ0n) is 18.9. The molecule has 1 unspecified atom stereocenters. The summed E-state index contributed by atoms with van der Waals surface area (Å²) in [5, 5.41) is 11.4. The highest BCUT2D eigenvalue weighted by Crippen LogP contribution is 2.22. The van der Waals surface area contributed by atoms with Crippen LogP contribution in [0.2, 0.25) is 0 Å². The van der Waals surface area contributed by atoms with Gasteiger partial charge in [0.1, 0.15) is 18.5 Å². The Morgan fingerprint density at radius 1 is 1.25 bits per heavy atom. The number of halogens is 1. The number of rotatable bonds is 7. The van der Waals surface area contributed by atoms with Gasteiger partial charge < -0.3 is 20.1 Å². The van der Waals surface area contributed by atoms with E-state index in [1.54, 1.807) is 14.2 Å². The molecule has 176 valence electrons. The van der Waals surface area contributed by atoms with E-state index in [2.05, 4.69) is 30.7 Å². The Hall–Kier alpha value is -1.95. The third-order valence-corrected chi connectivity index (χ3v) is 5.84. The average molecular weight is 555 g/mol. The van der Waals surface area contributed by atoms with Crippen LogP contribution in [-0.2, 0) is 30.9 Å². The van der Waals surface area contributed by atoms with Crippen molar-refractivity contribution in [1.29, 1.82) is 0 Å². The zero-order valence-corrected chi connectivity index (χ0v) is 21.2. The SMILES string of the molecule is CN=C(NCc1ccnc(OC2CCCCC2)c1)NC1CCc2nc(COC)nn2C1.I. The third-order valence-electron chi connectivity index (χ3n) is 5.84. The van der Waals surface area contributed by atoms with Gasteiger partial charge >= 0.3 is 0 Å². The van der Waals surface area contributed by atoms with Crippen LogP contribution in [0.15, 0.2) is 23.3 Å². The van der Waals surface area contributed by atoms with Crippen molar-refractivity contribution in [3.8, 4) is 5.88 Å². The van der Waals surface area contributed by atoms with E-state index in [1.807, 2.05) is 23.0 Å². The van der Waals surface area contributed by atoms with Crippen LogP contribution in [0.25, 0.3) is 0 Å². The number of hydrogen-bond donors (Lipinski definition) is 2. The van der Waals surface area contributed by atoms with Crippen molar-refractivity contribution in [3.63, 3.8) is 0 Å². The Kier molecular flexibility index (Phi) is 9.51. The van der Waals surface area contributed by atoms with Crippen molar-refractivity contribution < 1.29 is 9.47 Å². The fraction of sp³-hybridized carbons (Fsp3) is 0.636. The predicted molar refractivity (Wildman–Crippen MR) is 133 cm³/mol. The summed E-state index contributed by atoms with van der Waals surface area (Å²) in [6.45, 7) is 1.86. The molecular weight excluding hydrogens is 521 g/mol. The fourth-order valence-electron chi connectivity index (χ4n) is 4.22. The van der Waals surface area contributed by atoms with Gasteiger partial charge in [0.15, 0.2) is 11.8 Å². The zero-order chi connectivity index (χ0) is 21.5. The lowest BCUT2D eigenvalue weighted by molar-refractivity contribution is 0.148. The number of ether oxygens (including phenoxy) is 2. The molecule has 2 aromatic rings. The molecule has 2 aromatic heterocycles. The molecule has 9 nitrogen and oxygen atoms in total. The summed E-state index contributed by atoms with van der Waals surface area (Å²) in [5.41, 5.74) is 1.12. The van der Waals surface area contributed by atoms with Crippen molar-refractivity contribution in [2.24, 2.45) is 4.99 Å². The standard InChI is InChI=1S/C22H33N7O2.HI/c1-23-22(26-17-8-9-20-27-19(15-30-2)28-29(20)14-17)25-13-16-10-11-24-21(12-16)31-18-6-4-3-5-7-18;/h10-12,17-18H,3-9,13-15H2,1-2H3,(H2,23,25,26);1H. The first-order valence-electron chi connectivity index (χ1n) is 11.2. The molecule has 10 heteroatoms. The van der Waals surface area contributed by atoms with Gasteiger partial charge in [-0.05, 0) is 43.7 Å². The highest BCUT2D eigenvalue weighted by Gasteiger charge is 2.22. The molecular formula is C22H34IN7O2. The molecule has 0 spiro atoms. The van der Waals surface area contributed by atoms with E-state index in [0.717, 1.165) is 55.4 Å². The normalized spacial score (nSPS) is 19.1. The highest BCUT2D eigenvalue weighted by molar-refractivity contribution is 14.0. The molecule has 3 heterocycles. The van der Waals surface area contributed by atoms with Crippen molar-refractivity contribution in [1.82, 2.24) is 30.4 Å². The maximum Gasteiger partial charge on any atom is 0.213 e. The largest absolute Gasteiger partial charge is 0.474 e. The summed E-state index contributed by atoms with van der Waals surface area (Å²) in [6, 6.07) is 4.28. The van der Waals surface area contributed by atoms with Crippen LogP contribution in [0.5, 0.6) is 5.88 Å². The van der Waals surface area contributed by atoms with Gasteiger partial charge in [-0.25, -0.2) is 14.6 Å². The van der Waals surface area contributed by atoms with Crippen LogP contribution in [-0.4, -0.2) is 52.0 Å². The van der Waals surface area contributed by atoms with Crippen molar-refractivity contribution in [2.75, 3.05) is 14.2 Å². The molecule has 1 saturated carbocycles. The van der Waals surface area contributed by atoms with E-state index in [9.17, 15) is 0 Å². The number of guanidine groups is 1. The van der Waals surface area contributed by atoms with E-state index in [-0.39, 0.29) is 30.0 Å². The van der Waals surface area contributed by atoms with Crippen molar-refractivity contribution in [2.45, 2.75) is 76.8 Å². The molecule has 0 amide bonds. The monoisotopic (exact) mass is 555 g/mol. The second-order valence-electron chi connectivity index (χ2n) is 8.25. The number of aromatic nitrogens is 4. The number of hydrogen-bond acceptors (Lipinski definition) is 6. The molecule has 0 saturated heterocycles. The Bertz CT molecular complexity index is 883. The number of fused-ring (bicyclic) bond motifs is 1. The Labute approximate surface area is 206 Å². The van der Waals surface area contributed by atoms with Gasteiger partial charge in [-0.15, -0.1) is 24.0 Å². The lowest BCUT2D eigenvalue weighted by Crippen LogP contribution is -2.46. The van der Waals surface area contributed by atoms with E-state index in [0.29, 0.717) is 25.1 Å². The molecule has 32 heavy (non-hydrogen) atoms. The Morgan fingerprint density at radius 2 is 2.09 bits per heavy atom. The highest BCUT2D eigenvalue weighted by atomic mass is 127. The lowest BCUT2D eigenvalue weighted by atomic mass is 9.98. The second kappa shape index (κ2) is 12.3. The van der Waals surface area contributed by atoms with Crippen LogP contribution in [0.4, 0.5) is 0 Å². The summed E-state index contributed by atoms with van der Waals surface area (Å²) in [7, 11) is 3.45. The third kappa shape index (κ3) is 6.77. The summed E-state index contributed by atoms with van der Waals surface area (Å²) < 4.78 is 13.2. The van der Waals surface area contributed by atoms with Crippen LogP contribution < -0.4 is 15.4 Å². The van der Waals surface area contributed by atoms with E-state index < -0.39 is 0 Å². The first-order chi connectivity index (χ1) is 15.2. The molecule has 2 aliphatic rings. The van der Waals surface area contributed by atoms with E-state index >= 15 is 0 Å². The minimum atomic E-state index is 0. The maximum absolute atomic E-state index is 6.09. The molecule has 2 N–H and O–H groups in total. The van der Waals surface area contributed by atoms with Gasteiger partial charge in [0.25, 0.3) is 0 Å². The number of aliphatic imine (C=N–C) groups is 1. The van der Waals surface area contributed by atoms with Crippen LogP contribution >= 0.6 is 24.0 Å². The molecule has 1 atom stereocenters. The minimum Gasteiger partial charge on any atom is -0.474 e. The molecule has 1 fully saturated rings. The average Bonchev–Trinajstić information content (AvgIpc) is 3.19. The first kappa shape index (κ1) is 24.7. The number of methoxy groups -OCH3 is 1. The number of nitrogens with zero attached hydrogens (tertiary/aromatic N) is 5. The summed E-state index contributed by atoms with van der Waals surface area (Å²) in [4.78, 5) is 13.3. The van der Waals surface area contributed by atoms with Gasteiger partial charge in [-0.3, -0.25) is 4.99 Å². The van der Waals surface area contributed by atoms with Crippen LogP contribution in [0, 0.1) is 0 Å². The summed E-state index contributed by atoms with van der Waals surface area (Å²) in [6.07, 6.45) is 10.1. The molecule has 4 rings (SSSR count). The van der Waals surface area contributed by atoms with Crippen molar-refractivity contribution in [3.05, 3.63) is 35.5 Å². The van der Waals surface area contributed by atoms with Gasteiger partial charge in [-0.1, -0.05) is 6.42 Å². The topological polar surface area (TPSA) is 98.5 Å². The van der Waals surface area contributed by atoms with Gasteiger partial charge in [0.2, 0.25) is 5.88 Å². The van der Waals surface area contributed by atoms with Gasteiger partial charge in [-0.2, -0.15) is 5.10 Å². The molecule has 1 aliphatic heterocycles. The Morgan fingerprint density at radius 3 is 2.88 bits per heavy atom. The van der Waals surface area contributed by atoms with Gasteiger partial charge in [0.05, 0.1) is 6.54 Å².